The van der Waals surface area contributed by atoms with Crippen molar-refractivity contribution in [1.29, 1.82) is 0 Å². The Morgan fingerprint density at radius 3 is 2.58 bits per heavy atom. The van der Waals surface area contributed by atoms with Gasteiger partial charge in [0.25, 0.3) is 0 Å². The highest BCUT2D eigenvalue weighted by atomic mass is 35.5. The third-order valence-corrected chi connectivity index (χ3v) is 5.92. The molecule has 1 saturated heterocycles. The van der Waals surface area contributed by atoms with Crippen molar-refractivity contribution >= 4 is 28.9 Å². The molecule has 31 heavy (non-hydrogen) atoms. The standard InChI is InChI=1S/C23H19ClN6S/c24-17-6-7-20(27-14-17)29-13-3-5-19(29)22-21(18-4-1-2-10-26-18)28-23(31)30(22)15-16-8-11-25-12-9-16/h1-14,21-22H,15H2,(H,28,31)/t21-,22+/m0/s1. The van der Waals surface area contributed by atoms with Crippen molar-refractivity contribution in [1.82, 2.24) is 29.7 Å². The first kappa shape index (κ1) is 19.7. The van der Waals surface area contributed by atoms with Gasteiger partial charge in [-0.25, -0.2) is 4.98 Å². The number of hydrogen-bond acceptors (Lipinski definition) is 4. The topological polar surface area (TPSA) is 58.9 Å². The highest BCUT2D eigenvalue weighted by molar-refractivity contribution is 7.80. The summed E-state index contributed by atoms with van der Waals surface area (Å²) >= 11 is 11.8. The lowest BCUT2D eigenvalue weighted by Gasteiger charge is -2.28. The molecule has 0 radical (unpaired) electrons. The van der Waals surface area contributed by atoms with Crippen LogP contribution in [-0.2, 0) is 6.54 Å². The normalized spacial score (nSPS) is 18.2. The molecule has 5 heterocycles. The number of nitrogens with one attached hydrogen (secondary N) is 1. The van der Waals surface area contributed by atoms with Gasteiger partial charge in [-0.2, -0.15) is 0 Å². The number of thiocarbonyl (C=S) groups is 1. The summed E-state index contributed by atoms with van der Waals surface area (Å²) in [5.74, 6) is 0.797. The largest absolute Gasteiger partial charge is 0.352 e. The second-order valence-electron chi connectivity index (χ2n) is 7.25. The number of aromatic nitrogens is 4. The quantitative estimate of drug-likeness (QED) is 0.456. The summed E-state index contributed by atoms with van der Waals surface area (Å²) in [6.07, 6.45) is 9.07. The number of pyridine rings is 3. The van der Waals surface area contributed by atoms with Crippen LogP contribution in [0.2, 0.25) is 5.02 Å². The minimum atomic E-state index is -0.100. The molecule has 5 rings (SSSR count). The fourth-order valence-corrected chi connectivity index (χ4v) is 4.35. The molecule has 0 saturated carbocycles. The summed E-state index contributed by atoms with van der Waals surface area (Å²) < 4.78 is 2.08. The van der Waals surface area contributed by atoms with Gasteiger partial charge in [0, 0.05) is 43.2 Å². The molecule has 0 spiro atoms. The van der Waals surface area contributed by atoms with E-state index in [9.17, 15) is 0 Å². The summed E-state index contributed by atoms with van der Waals surface area (Å²) in [6.45, 7) is 0.654. The SMILES string of the molecule is S=C1N[C@@H](c2ccccn2)[C@@H](c2cccn2-c2ccc(Cl)cn2)N1Cc1ccncc1. The van der Waals surface area contributed by atoms with Crippen molar-refractivity contribution in [2.45, 2.75) is 18.6 Å². The fraction of sp³-hybridized carbons (Fsp3) is 0.130. The zero-order chi connectivity index (χ0) is 21.2. The van der Waals surface area contributed by atoms with Gasteiger partial charge in [0.05, 0.1) is 22.8 Å². The van der Waals surface area contributed by atoms with Crippen LogP contribution in [0.3, 0.4) is 0 Å². The molecule has 1 fully saturated rings. The van der Waals surface area contributed by atoms with Crippen LogP contribution in [0.1, 0.15) is 29.0 Å². The van der Waals surface area contributed by atoms with Gasteiger partial charge in [0.1, 0.15) is 5.82 Å². The first-order chi connectivity index (χ1) is 15.2. The summed E-state index contributed by atoms with van der Waals surface area (Å²) in [5, 5.41) is 4.78. The smallest absolute Gasteiger partial charge is 0.170 e. The third-order valence-electron chi connectivity index (χ3n) is 5.34. The van der Waals surface area contributed by atoms with Crippen molar-refractivity contribution in [2.24, 2.45) is 0 Å². The Kier molecular flexibility index (Phi) is 5.36. The molecule has 1 aliphatic heterocycles. The molecular weight excluding hydrogens is 428 g/mol. The zero-order valence-corrected chi connectivity index (χ0v) is 18.0. The predicted molar refractivity (Wildman–Crippen MR) is 124 cm³/mol. The molecule has 4 aromatic rings. The Morgan fingerprint density at radius 2 is 1.84 bits per heavy atom. The molecule has 0 aliphatic carbocycles. The summed E-state index contributed by atoms with van der Waals surface area (Å²) in [4.78, 5) is 15.5. The van der Waals surface area contributed by atoms with Crippen LogP contribution < -0.4 is 5.32 Å². The van der Waals surface area contributed by atoms with E-state index in [0.717, 1.165) is 22.8 Å². The molecule has 0 aromatic carbocycles. The van der Waals surface area contributed by atoms with Gasteiger partial charge in [-0.15, -0.1) is 0 Å². The number of halogens is 1. The first-order valence-corrected chi connectivity index (χ1v) is 10.7. The highest BCUT2D eigenvalue weighted by Gasteiger charge is 2.41. The minimum Gasteiger partial charge on any atom is -0.352 e. The Labute approximate surface area is 190 Å². The predicted octanol–water partition coefficient (Wildman–Crippen LogP) is 4.49. The zero-order valence-electron chi connectivity index (χ0n) is 16.5. The van der Waals surface area contributed by atoms with Gasteiger partial charge in [0.15, 0.2) is 5.11 Å². The maximum absolute atomic E-state index is 6.06. The average Bonchev–Trinajstić information content (AvgIpc) is 3.40. The second kappa shape index (κ2) is 8.45. The molecule has 4 aromatic heterocycles. The van der Waals surface area contributed by atoms with Crippen LogP contribution in [0.25, 0.3) is 5.82 Å². The average molecular weight is 447 g/mol. The minimum absolute atomic E-state index is 0.0805. The van der Waals surface area contributed by atoms with E-state index in [-0.39, 0.29) is 12.1 Å². The molecule has 0 amide bonds. The van der Waals surface area contributed by atoms with Gasteiger partial charge >= 0.3 is 0 Å². The van der Waals surface area contributed by atoms with Gasteiger partial charge in [-0.3, -0.25) is 9.97 Å². The summed E-state index contributed by atoms with van der Waals surface area (Å²) in [6, 6.07) is 17.7. The lowest BCUT2D eigenvalue weighted by atomic mass is 10.0. The Morgan fingerprint density at radius 1 is 0.968 bits per heavy atom. The number of nitrogens with zero attached hydrogens (tertiary/aromatic N) is 5. The first-order valence-electron chi connectivity index (χ1n) is 9.87. The van der Waals surface area contributed by atoms with Crippen molar-refractivity contribution in [3.8, 4) is 5.82 Å². The van der Waals surface area contributed by atoms with Crippen LogP contribution in [0.15, 0.2) is 85.6 Å². The number of hydrogen-bond donors (Lipinski definition) is 1. The lowest BCUT2D eigenvalue weighted by Crippen LogP contribution is -2.30. The van der Waals surface area contributed by atoms with E-state index >= 15 is 0 Å². The monoisotopic (exact) mass is 446 g/mol. The fourth-order valence-electron chi connectivity index (χ4n) is 3.94. The maximum Gasteiger partial charge on any atom is 0.170 e. The van der Waals surface area contributed by atoms with Crippen LogP contribution in [-0.4, -0.2) is 29.5 Å². The van der Waals surface area contributed by atoms with Crippen molar-refractivity contribution in [2.75, 3.05) is 0 Å². The van der Waals surface area contributed by atoms with Crippen LogP contribution in [0.5, 0.6) is 0 Å². The van der Waals surface area contributed by atoms with E-state index < -0.39 is 0 Å². The molecule has 6 nitrogen and oxygen atoms in total. The molecule has 0 bridgehead atoms. The molecule has 2 atom stereocenters. The van der Waals surface area contributed by atoms with Crippen LogP contribution in [0, 0.1) is 0 Å². The highest BCUT2D eigenvalue weighted by Crippen LogP contribution is 2.40. The molecule has 1 aliphatic rings. The van der Waals surface area contributed by atoms with Crippen LogP contribution in [0.4, 0.5) is 0 Å². The Bertz CT molecular complexity index is 1180. The molecule has 1 N–H and O–H groups in total. The summed E-state index contributed by atoms with van der Waals surface area (Å²) in [7, 11) is 0. The van der Waals surface area contributed by atoms with Gasteiger partial charge in [-0.1, -0.05) is 17.7 Å². The summed E-state index contributed by atoms with van der Waals surface area (Å²) in [5.41, 5.74) is 3.13. The number of rotatable bonds is 5. The van der Waals surface area contributed by atoms with Crippen LogP contribution >= 0.6 is 23.8 Å². The third kappa shape index (κ3) is 3.89. The van der Waals surface area contributed by atoms with Gasteiger partial charge < -0.3 is 14.8 Å². The molecular formula is C23H19ClN6S. The van der Waals surface area contributed by atoms with E-state index in [2.05, 4.69) is 35.8 Å². The van der Waals surface area contributed by atoms with E-state index in [1.54, 1.807) is 18.6 Å². The van der Waals surface area contributed by atoms with E-state index in [1.165, 1.54) is 0 Å². The molecule has 154 valence electrons. The van der Waals surface area contributed by atoms with Gasteiger partial charge in [-0.05, 0) is 66.3 Å². The second-order valence-corrected chi connectivity index (χ2v) is 8.07. The van der Waals surface area contributed by atoms with Gasteiger partial charge in [0.2, 0.25) is 0 Å². The lowest BCUT2D eigenvalue weighted by molar-refractivity contribution is 0.302. The Balaban J connectivity index is 1.60. The maximum atomic E-state index is 6.06. The van der Waals surface area contributed by atoms with Crippen molar-refractivity contribution < 1.29 is 0 Å². The van der Waals surface area contributed by atoms with E-state index in [1.807, 2.05) is 60.9 Å². The molecule has 8 heteroatoms. The Hall–Kier alpha value is -3.29. The van der Waals surface area contributed by atoms with E-state index in [0.29, 0.717) is 16.7 Å². The van der Waals surface area contributed by atoms with Crippen molar-refractivity contribution in [3.05, 3.63) is 108 Å². The van der Waals surface area contributed by atoms with E-state index in [4.69, 9.17) is 23.8 Å². The van der Waals surface area contributed by atoms with Crippen molar-refractivity contribution in [3.63, 3.8) is 0 Å². The molecule has 0 unspecified atom stereocenters.